The molecule has 3 rings (SSSR count). The third kappa shape index (κ3) is 4.57. The lowest BCUT2D eigenvalue weighted by Crippen LogP contribution is -2.28. The fourth-order valence-electron chi connectivity index (χ4n) is 3.08. The molecular formula is C21H24N2O3S. The summed E-state index contributed by atoms with van der Waals surface area (Å²) in [5.41, 5.74) is 1.49. The molecule has 2 aromatic carbocycles. The lowest BCUT2D eigenvalue weighted by molar-refractivity contribution is -0.121. The van der Waals surface area contributed by atoms with Gasteiger partial charge in [0, 0.05) is 23.6 Å². The molecule has 1 aromatic heterocycles. The van der Waals surface area contributed by atoms with Crippen molar-refractivity contribution in [2.45, 2.75) is 37.0 Å². The zero-order valence-electron chi connectivity index (χ0n) is 15.4. The minimum atomic E-state index is -3.53. The van der Waals surface area contributed by atoms with E-state index in [9.17, 15) is 13.2 Å². The van der Waals surface area contributed by atoms with E-state index in [0.29, 0.717) is 11.9 Å². The summed E-state index contributed by atoms with van der Waals surface area (Å²) in [7, 11) is -3.53. The minimum absolute atomic E-state index is 0.0649. The Balaban J connectivity index is 1.91. The van der Waals surface area contributed by atoms with Crippen LogP contribution < -0.4 is 5.32 Å². The number of para-hydroxylation sites is 1. The molecule has 0 saturated heterocycles. The summed E-state index contributed by atoms with van der Waals surface area (Å²) in [6.07, 6.45) is 3.52. The van der Waals surface area contributed by atoms with Crippen LogP contribution in [0.3, 0.4) is 0 Å². The second kappa shape index (κ2) is 8.39. The van der Waals surface area contributed by atoms with Crippen LogP contribution >= 0.6 is 0 Å². The van der Waals surface area contributed by atoms with E-state index in [0.717, 1.165) is 23.9 Å². The molecule has 0 unspecified atom stereocenters. The molecule has 1 amide bonds. The molecule has 0 aliphatic heterocycles. The minimum Gasteiger partial charge on any atom is -0.355 e. The van der Waals surface area contributed by atoms with Gasteiger partial charge < -0.3 is 9.88 Å². The maximum absolute atomic E-state index is 13.0. The monoisotopic (exact) mass is 384 g/mol. The number of unbranched alkanes of at least 4 members (excludes halogenated alkanes) is 1. The molecule has 0 fully saturated rings. The van der Waals surface area contributed by atoms with Gasteiger partial charge in [0.2, 0.25) is 5.91 Å². The molecule has 0 bridgehead atoms. The van der Waals surface area contributed by atoms with Gasteiger partial charge in [-0.2, -0.15) is 0 Å². The quantitative estimate of drug-likeness (QED) is 0.604. The van der Waals surface area contributed by atoms with Crippen molar-refractivity contribution in [1.82, 2.24) is 9.88 Å². The third-order valence-corrected chi connectivity index (χ3v) is 6.16. The van der Waals surface area contributed by atoms with E-state index >= 15 is 0 Å². The standard InChI is InChI=1S/C21H24N2O3S/c1-2-3-13-22-21(24)15-23-14-20(18-11-7-8-12-19(18)23)27(25,26)16-17-9-5-4-6-10-17/h4-12,14H,2-3,13,15-16H2,1H3,(H,22,24). The highest BCUT2D eigenvalue weighted by molar-refractivity contribution is 7.90. The Morgan fingerprint density at radius 3 is 2.48 bits per heavy atom. The van der Waals surface area contributed by atoms with E-state index in [1.165, 1.54) is 0 Å². The summed E-state index contributed by atoms with van der Waals surface area (Å²) in [5, 5.41) is 3.52. The smallest absolute Gasteiger partial charge is 0.239 e. The molecule has 1 N–H and O–H groups in total. The fourth-order valence-corrected chi connectivity index (χ4v) is 4.66. The summed E-state index contributed by atoms with van der Waals surface area (Å²) in [6.45, 7) is 2.80. The number of aromatic nitrogens is 1. The van der Waals surface area contributed by atoms with Crippen molar-refractivity contribution in [3.8, 4) is 0 Å². The number of benzene rings is 2. The molecule has 6 heteroatoms. The van der Waals surface area contributed by atoms with Crippen LogP contribution in [-0.2, 0) is 26.9 Å². The normalized spacial score (nSPS) is 11.6. The first kappa shape index (κ1) is 19.2. The van der Waals surface area contributed by atoms with Gasteiger partial charge >= 0.3 is 0 Å². The maximum Gasteiger partial charge on any atom is 0.239 e. The highest BCUT2D eigenvalue weighted by Gasteiger charge is 2.22. The number of sulfone groups is 1. The van der Waals surface area contributed by atoms with Gasteiger partial charge in [0.25, 0.3) is 0 Å². The van der Waals surface area contributed by atoms with Crippen molar-refractivity contribution >= 4 is 26.6 Å². The zero-order valence-corrected chi connectivity index (χ0v) is 16.2. The number of fused-ring (bicyclic) bond motifs is 1. The molecule has 5 nitrogen and oxygen atoms in total. The third-order valence-electron chi connectivity index (χ3n) is 4.45. The molecule has 0 spiro atoms. The SMILES string of the molecule is CCCCNC(=O)Cn1cc(S(=O)(=O)Cc2ccccc2)c2ccccc21. The van der Waals surface area contributed by atoms with Crippen molar-refractivity contribution < 1.29 is 13.2 Å². The van der Waals surface area contributed by atoms with E-state index in [-0.39, 0.29) is 23.1 Å². The van der Waals surface area contributed by atoms with Gasteiger partial charge in [-0.05, 0) is 18.1 Å². The van der Waals surface area contributed by atoms with Crippen LogP contribution in [0.4, 0.5) is 0 Å². The van der Waals surface area contributed by atoms with Crippen LogP contribution in [0.15, 0.2) is 65.7 Å². The average molecular weight is 385 g/mol. The number of hydrogen-bond donors (Lipinski definition) is 1. The van der Waals surface area contributed by atoms with Crippen molar-refractivity contribution in [2.24, 2.45) is 0 Å². The first-order valence-electron chi connectivity index (χ1n) is 9.12. The van der Waals surface area contributed by atoms with Crippen LogP contribution in [-0.4, -0.2) is 25.4 Å². The van der Waals surface area contributed by atoms with Gasteiger partial charge in [-0.1, -0.05) is 61.9 Å². The van der Waals surface area contributed by atoms with Crippen LogP contribution in [0.2, 0.25) is 0 Å². The van der Waals surface area contributed by atoms with Crippen molar-refractivity contribution in [1.29, 1.82) is 0 Å². The van der Waals surface area contributed by atoms with E-state index in [4.69, 9.17) is 0 Å². The lowest BCUT2D eigenvalue weighted by atomic mass is 10.2. The Hall–Kier alpha value is -2.60. The van der Waals surface area contributed by atoms with Gasteiger partial charge in [0.1, 0.15) is 6.54 Å². The second-order valence-electron chi connectivity index (χ2n) is 6.59. The molecule has 0 aliphatic carbocycles. The lowest BCUT2D eigenvalue weighted by Gasteiger charge is -2.06. The van der Waals surface area contributed by atoms with Crippen molar-refractivity contribution in [3.63, 3.8) is 0 Å². The topological polar surface area (TPSA) is 68.2 Å². The molecule has 142 valence electrons. The van der Waals surface area contributed by atoms with E-state index in [2.05, 4.69) is 12.2 Å². The second-order valence-corrected chi connectivity index (χ2v) is 8.54. The Morgan fingerprint density at radius 1 is 1.04 bits per heavy atom. The van der Waals surface area contributed by atoms with E-state index in [1.807, 2.05) is 36.4 Å². The van der Waals surface area contributed by atoms with Crippen molar-refractivity contribution in [3.05, 3.63) is 66.4 Å². The Labute approximate surface area is 159 Å². The number of rotatable bonds is 8. The van der Waals surface area contributed by atoms with E-state index in [1.54, 1.807) is 29.0 Å². The van der Waals surface area contributed by atoms with Crippen LogP contribution in [0.25, 0.3) is 10.9 Å². The van der Waals surface area contributed by atoms with Crippen molar-refractivity contribution in [2.75, 3.05) is 6.54 Å². The average Bonchev–Trinajstić information content (AvgIpc) is 3.02. The summed E-state index contributed by atoms with van der Waals surface area (Å²) < 4.78 is 27.7. The summed E-state index contributed by atoms with van der Waals surface area (Å²) in [5.74, 6) is -0.180. The molecule has 0 atom stereocenters. The molecule has 27 heavy (non-hydrogen) atoms. The highest BCUT2D eigenvalue weighted by atomic mass is 32.2. The Kier molecular flexibility index (Phi) is 5.96. The van der Waals surface area contributed by atoms with Gasteiger partial charge in [0.15, 0.2) is 9.84 Å². The number of carbonyl (C=O) groups is 1. The highest BCUT2D eigenvalue weighted by Crippen LogP contribution is 2.28. The fraction of sp³-hybridized carbons (Fsp3) is 0.286. The van der Waals surface area contributed by atoms with Crippen LogP contribution in [0, 0.1) is 0 Å². The summed E-state index contributed by atoms with van der Waals surface area (Å²) >= 11 is 0. The van der Waals surface area contributed by atoms with Gasteiger partial charge in [-0.25, -0.2) is 8.42 Å². The molecule has 0 saturated carbocycles. The molecule has 1 heterocycles. The first-order valence-corrected chi connectivity index (χ1v) is 10.8. The first-order chi connectivity index (χ1) is 13.0. The van der Waals surface area contributed by atoms with Gasteiger partial charge in [-0.3, -0.25) is 4.79 Å². The maximum atomic E-state index is 13.0. The number of hydrogen-bond acceptors (Lipinski definition) is 3. The molecule has 0 radical (unpaired) electrons. The van der Waals surface area contributed by atoms with Gasteiger partial charge in [-0.15, -0.1) is 0 Å². The Morgan fingerprint density at radius 2 is 1.74 bits per heavy atom. The van der Waals surface area contributed by atoms with Gasteiger partial charge in [0.05, 0.1) is 10.6 Å². The summed E-state index contributed by atoms with van der Waals surface area (Å²) in [4.78, 5) is 12.5. The number of nitrogens with one attached hydrogen (secondary N) is 1. The largest absolute Gasteiger partial charge is 0.355 e. The Bertz CT molecular complexity index is 1020. The molecule has 0 aliphatic rings. The summed E-state index contributed by atoms with van der Waals surface area (Å²) in [6, 6.07) is 16.4. The number of amides is 1. The predicted octanol–water partition coefficient (Wildman–Crippen LogP) is 3.53. The number of nitrogens with zero attached hydrogens (tertiary/aromatic N) is 1. The zero-order chi connectivity index (χ0) is 19.3. The van der Waals surface area contributed by atoms with Crippen LogP contribution in [0.1, 0.15) is 25.3 Å². The predicted molar refractivity (Wildman–Crippen MR) is 107 cm³/mol. The number of carbonyl (C=O) groups excluding carboxylic acids is 1. The van der Waals surface area contributed by atoms with E-state index < -0.39 is 9.84 Å². The molecular weight excluding hydrogens is 360 g/mol. The molecule has 3 aromatic rings. The van der Waals surface area contributed by atoms with Crippen LogP contribution in [0.5, 0.6) is 0 Å².